The van der Waals surface area contributed by atoms with Crippen LogP contribution in [0.1, 0.15) is 38.5 Å². The first-order chi connectivity index (χ1) is 7.83. The van der Waals surface area contributed by atoms with Crippen LogP contribution < -0.4 is 5.32 Å². The standard InChI is InChI=1S/C13H22N2O/c16-13(8-10-2-1-3-10)15-7-5-12-11(9-15)4-6-14-12/h10-12,14H,1-9H2. The summed E-state index contributed by atoms with van der Waals surface area (Å²) in [5.41, 5.74) is 0. The Balaban J connectivity index is 1.52. The Morgan fingerprint density at radius 2 is 2.12 bits per heavy atom. The summed E-state index contributed by atoms with van der Waals surface area (Å²) in [4.78, 5) is 14.2. The van der Waals surface area contributed by atoms with Crippen LogP contribution in [0, 0.1) is 11.8 Å². The van der Waals surface area contributed by atoms with E-state index >= 15 is 0 Å². The minimum Gasteiger partial charge on any atom is -0.342 e. The molecule has 3 nitrogen and oxygen atoms in total. The van der Waals surface area contributed by atoms with Crippen LogP contribution in [0.15, 0.2) is 0 Å². The summed E-state index contributed by atoms with van der Waals surface area (Å²) in [6.07, 6.45) is 7.16. The highest BCUT2D eigenvalue weighted by molar-refractivity contribution is 5.76. The molecule has 0 aromatic rings. The van der Waals surface area contributed by atoms with Gasteiger partial charge < -0.3 is 10.2 Å². The molecule has 3 aliphatic rings. The van der Waals surface area contributed by atoms with Crippen LogP contribution in [0.2, 0.25) is 0 Å². The van der Waals surface area contributed by atoms with Gasteiger partial charge in [0.25, 0.3) is 0 Å². The fourth-order valence-electron chi connectivity index (χ4n) is 3.35. The smallest absolute Gasteiger partial charge is 0.222 e. The summed E-state index contributed by atoms with van der Waals surface area (Å²) in [6.45, 7) is 3.16. The minimum atomic E-state index is 0.426. The lowest BCUT2D eigenvalue weighted by Crippen LogP contribution is -2.47. The van der Waals surface area contributed by atoms with E-state index in [0.29, 0.717) is 17.9 Å². The topological polar surface area (TPSA) is 32.3 Å². The fourth-order valence-corrected chi connectivity index (χ4v) is 3.35. The predicted molar refractivity (Wildman–Crippen MR) is 63.1 cm³/mol. The van der Waals surface area contributed by atoms with Crippen LogP contribution in [0.4, 0.5) is 0 Å². The molecule has 1 N–H and O–H groups in total. The molecule has 1 aliphatic carbocycles. The molecule has 0 spiro atoms. The molecule has 2 aliphatic heterocycles. The highest BCUT2D eigenvalue weighted by Gasteiger charge is 2.35. The van der Waals surface area contributed by atoms with Crippen molar-refractivity contribution >= 4 is 5.91 Å². The molecule has 0 radical (unpaired) electrons. The monoisotopic (exact) mass is 222 g/mol. The molecule has 3 rings (SSSR count). The molecular formula is C13H22N2O. The number of fused-ring (bicyclic) bond motifs is 1. The van der Waals surface area contributed by atoms with Gasteiger partial charge in [0.15, 0.2) is 0 Å². The van der Waals surface area contributed by atoms with E-state index < -0.39 is 0 Å². The molecule has 2 atom stereocenters. The van der Waals surface area contributed by atoms with Crippen molar-refractivity contribution in [2.24, 2.45) is 11.8 Å². The predicted octanol–water partition coefficient (Wildman–Crippen LogP) is 1.39. The Morgan fingerprint density at radius 1 is 1.25 bits per heavy atom. The van der Waals surface area contributed by atoms with Gasteiger partial charge in [0, 0.05) is 25.6 Å². The summed E-state index contributed by atoms with van der Waals surface area (Å²) >= 11 is 0. The third-order valence-corrected chi connectivity index (χ3v) is 4.70. The number of nitrogens with zero attached hydrogens (tertiary/aromatic N) is 1. The summed E-state index contributed by atoms with van der Waals surface area (Å²) in [5.74, 6) is 1.88. The molecule has 2 unspecified atom stereocenters. The highest BCUT2D eigenvalue weighted by atomic mass is 16.2. The van der Waals surface area contributed by atoms with E-state index in [9.17, 15) is 4.79 Å². The van der Waals surface area contributed by atoms with Gasteiger partial charge in [-0.3, -0.25) is 4.79 Å². The highest BCUT2D eigenvalue weighted by Crippen LogP contribution is 2.31. The van der Waals surface area contributed by atoms with Crippen molar-refractivity contribution in [2.45, 2.75) is 44.6 Å². The van der Waals surface area contributed by atoms with Crippen LogP contribution in [0.5, 0.6) is 0 Å². The molecule has 3 heteroatoms. The van der Waals surface area contributed by atoms with Gasteiger partial charge in [0.2, 0.25) is 5.91 Å². The molecule has 0 bridgehead atoms. The molecule has 3 fully saturated rings. The summed E-state index contributed by atoms with van der Waals surface area (Å²) < 4.78 is 0. The molecule has 16 heavy (non-hydrogen) atoms. The Labute approximate surface area is 97.6 Å². The van der Waals surface area contributed by atoms with Gasteiger partial charge in [-0.2, -0.15) is 0 Å². The first-order valence-electron chi connectivity index (χ1n) is 6.84. The maximum Gasteiger partial charge on any atom is 0.222 e. The number of nitrogens with one attached hydrogen (secondary N) is 1. The Morgan fingerprint density at radius 3 is 2.88 bits per heavy atom. The lowest BCUT2D eigenvalue weighted by molar-refractivity contribution is -0.134. The van der Waals surface area contributed by atoms with E-state index in [2.05, 4.69) is 10.2 Å². The second-order valence-corrected chi connectivity index (χ2v) is 5.74. The van der Waals surface area contributed by atoms with Crippen molar-refractivity contribution in [1.82, 2.24) is 10.2 Å². The first-order valence-corrected chi connectivity index (χ1v) is 6.84. The van der Waals surface area contributed by atoms with Crippen molar-refractivity contribution in [3.05, 3.63) is 0 Å². The van der Waals surface area contributed by atoms with Crippen LogP contribution in [-0.2, 0) is 4.79 Å². The van der Waals surface area contributed by atoms with E-state index in [1.54, 1.807) is 0 Å². The number of amides is 1. The van der Waals surface area contributed by atoms with Crippen LogP contribution in [0.25, 0.3) is 0 Å². The molecule has 2 saturated heterocycles. The molecule has 90 valence electrons. The Bertz CT molecular complexity index is 275. The van der Waals surface area contributed by atoms with Gasteiger partial charge in [0.1, 0.15) is 0 Å². The van der Waals surface area contributed by atoms with E-state index in [4.69, 9.17) is 0 Å². The molecule has 0 aromatic carbocycles. The summed E-state index contributed by atoms with van der Waals surface area (Å²) in [7, 11) is 0. The quantitative estimate of drug-likeness (QED) is 0.765. The lowest BCUT2D eigenvalue weighted by atomic mass is 9.82. The van der Waals surface area contributed by atoms with Gasteiger partial charge in [-0.15, -0.1) is 0 Å². The van der Waals surface area contributed by atoms with Gasteiger partial charge in [-0.05, 0) is 44.1 Å². The number of hydrogen-bond acceptors (Lipinski definition) is 2. The number of carbonyl (C=O) groups is 1. The van der Waals surface area contributed by atoms with Gasteiger partial charge in [0.05, 0.1) is 0 Å². The van der Waals surface area contributed by atoms with E-state index in [1.807, 2.05) is 0 Å². The number of piperidine rings is 1. The summed E-state index contributed by atoms with van der Waals surface area (Å²) in [6, 6.07) is 0.702. The maximum atomic E-state index is 12.1. The maximum absolute atomic E-state index is 12.1. The van der Waals surface area contributed by atoms with Crippen molar-refractivity contribution in [3.63, 3.8) is 0 Å². The second-order valence-electron chi connectivity index (χ2n) is 5.74. The zero-order valence-electron chi connectivity index (χ0n) is 9.95. The molecule has 2 heterocycles. The molecule has 1 saturated carbocycles. The zero-order valence-corrected chi connectivity index (χ0v) is 9.95. The van der Waals surface area contributed by atoms with Gasteiger partial charge >= 0.3 is 0 Å². The minimum absolute atomic E-state index is 0.426. The molecular weight excluding hydrogens is 200 g/mol. The average Bonchev–Trinajstić information content (AvgIpc) is 2.69. The Kier molecular flexibility index (Phi) is 2.88. The van der Waals surface area contributed by atoms with E-state index in [0.717, 1.165) is 32.0 Å². The van der Waals surface area contributed by atoms with Gasteiger partial charge in [-0.1, -0.05) is 6.42 Å². The number of rotatable bonds is 2. The molecule has 0 aromatic heterocycles. The van der Waals surface area contributed by atoms with E-state index in [1.165, 1.54) is 32.1 Å². The van der Waals surface area contributed by atoms with Crippen LogP contribution >= 0.6 is 0 Å². The third-order valence-electron chi connectivity index (χ3n) is 4.70. The average molecular weight is 222 g/mol. The van der Waals surface area contributed by atoms with E-state index in [-0.39, 0.29) is 0 Å². The van der Waals surface area contributed by atoms with Crippen molar-refractivity contribution in [2.75, 3.05) is 19.6 Å². The third kappa shape index (κ3) is 1.97. The number of hydrogen-bond donors (Lipinski definition) is 1. The van der Waals surface area contributed by atoms with Gasteiger partial charge in [-0.25, -0.2) is 0 Å². The van der Waals surface area contributed by atoms with Crippen molar-refractivity contribution < 1.29 is 4.79 Å². The fraction of sp³-hybridized carbons (Fsp3) is 0.923. The largest absolute Gasteiger partial charge is 0.342 e. The lowest BCUT2D eigenvalue weighted by Gasteiger charge is -2.36. The van der Waals surface area contributed by atoms with Crippen molar-refractivity contribution in [3.8, 4) is 0 Å². The zero-order chi connectivity index (χ0) is 11.0. The summed E-state index contributed by atoms with van der Waals surface area (Å²) in [5, 5.41) is 3.54. The second kappa shape index (κ2) is 4.36. The normalized spacial score (nSPS) is 34.6. The van der Waals surface area contributed by atoms with Crippen LogP contribution in [0.3, 0.4) is 0 Å². The number of carbonyl (C=O) groups excluding carboxylic acids is 1. The SMILES string of the molecule is O=C(CC1CCC1)N1CCC2NCCC2C1. The van der Waals surface area contributed by atoms with Crippen LogP contribution in [-0.4, -0.2) is 36.5 Å². The molecule has 1 amide bonds. The van der Waals surface area contributed by atoms with Crippen molar-refractivity contribution in [1.29, 1.82) is 0 Å². The Hall–Kier alpha value is -0.570. The first kappa shape index (κ1) is 10.6. The number of likely N-dealkylation sites (tertiary alicyclic amines) is 1.